The Hall–Kier alpha value is -1.59. The van der Waals surface area contributed by atoms with Gasteiger partial charge in [0.05, 0.1) is 13.2 Å². The largest absolute Gasteiger partial charge is 0.379 e. The lowest BCUT2D eigenvalue weighted by molar-refractivity contribution is -0.129. The zero-order chi connectivity index (χ0) is 22.8. The van der Waals surface area contributed by atoms with Crippen molar-refractivity contribution in [2.45, 2.75) is 26.8 Å². The number of carbonyl (C=O) groups excluding carboxylic acids is 1. The standard InChI is InChI=1S/C24H40N6O2.HI/c1-4-25-24(26-18-22(20(2)3)29-14-16-32-17-15-29)27-19-23(31)30-12-10-28(11-13-30)21-8-6-5-7-9-21;/h5-9,20,22H,4,10-19H2,1-3H3,(H2,25,26,27);1H. The number of rotatable bonds is 8. The lowest BCUT2D eigenvalue weighted by atomic mass is 10.0. The third-order valence-corrected chi connectivity index (χ3v) is 6.23. The van der Waals surface area contributed by atoms with E-state index in [2.05, 4.69) is 63.5 Å². The number of aliphatic imine (C=N–C) groups is 1. The number of halogens is 1. The minimum atomic E-state index is 0. The first-order valence-electron chi connectivity index (χ1n) is 12.0. The average molecular weight is 573 g/mol. The minimum Gasteiger partial charge on any atom is -0.379 e. The maximum absolute atomic E-state index is 12.8. The number of hydrogen-bond donors (Lipinski definition) is 2. The fourth-order valence-electron chi connectivity index (χ4n) is 4.34. The van der Waals surface area contributed by atoms with Crippen LogP contribution in [-0.4, -0.2) is 99.8 Å². The highest BCUT2D eigenvalue weighted by Gasteiger charge is 2.24. The Bertz CT molecular complexity index is 719. The van der Waals surface area contributed by atoms with Crippen LogP contribution in [0.3, 0.4) is 0 Å². The first-order chi connectivity index (χ1) is 15.6. The second-order valence-corrected chi connectivity index (χ2v) is 8.74. The predicted molar refractivity (Wildman–Crippen MR) is 146 cm³/mol. The Morgan fingerprint density at radius 3 is 2.30 bits per heavy atom. The lowest BCUT2D eigenvalue weighted by Crippen LogP contribution is -2.53. The number of nitrogens with one attached hydrogen (secondary N) is 2. The summed E-state index contributed by atoms with van der Waals surface area (Å²) in [6.45, 7) is 15.0. The van der Waals surface area contributed by atoms with Gasteiger partial charge in [-0.15, -0.1) is 24.0 Å². The van der Waals surface area contributed by atoms with Crippen LogP contribution >= 0.6 is 24.0 Å². The van der Waals surface area contributed by atoms with Gasteiger partial charge in [-0.2, -0.15) is 0 Å². The van der Waals surface area contributed by atoms with E-state index in [1.54, 1.807) is 0 Å². The molecule has 1 unspecified atom stereocenters. The zero-order valence-corrected chi connectivity index (χ0v) is 22.7. The van der Waals surface area contributed by atoms with E-state index in [0.29, 0.717) is 17.9 Å². The molecule has 0 radical (unpaired) electrons. The molecular formula is C24H41IN6O2. The Morgan fingerprint density at radius 2 is 1.70 bits per heavy atom. The fraction of sp³-hybridized carbons (Fsp3) is 0.667. The predicted octanol–water partition coefficient (Wildman–Crippen LogP) is 1.87. The van der Waals surface area contributed by atoms with Crippen LogP contribution < -0.4 is 15.5 Å². The van der Waals surface area contributed by atoms with Crippen molar-refractivity contribution in [2.75, 3.05) is 77.0 Å². The van der Waals surface area contributed by atoms with Crippen LogP contribution in [0.25, 0.3) is 0 Å². The molecule has 3 rings (SSSR count). The Labute approximate surface area is 216 Å². The van der Waals surface area contributed by atoms with Crippen LogP contribution in [0.2, 0.25) is 0 Å². The highest BCUT2D eigenvalue weighted by atomic mass is 127. The summed E-state index contributed by atoms with van der Waals surface area (Å²) < 4.78 is 5.50. The molecule has 2 heterocycles. The summed E-state index contributed by atoms with van der Waals surface area (Å²) >= 11 is 0. The number of guanidine groups is 1. The van der Waals surface area contributed by atoms with Crippen molar-refractivity contribution in [3.8, 4) is 0 Å². The van der Waals surface area contributed by atoms with E-state index in [1.165, 1.54) is 5.69 Å². The summed E-state index contributed by atoms with van der Waals surface area (Å²) in [5, 5.41) is 6.75. The molecule has 2 saturated heterocycles. The maximum Gasteiger partial charge on any atom is 0.244 e. The first-order valence-corrected chi connectivity index (χ1v) is 12.0. The number of ether oxygens (including phenoxy) is 1. The van der Waals surface area contributed by atoms with E-state index in [1.807, 2.05) is 17.9 Å². The molecule has 2 aliphatic rings. The molecule has 0 aliphatic carbocycles. The van der Waals surface area contributed by atoms with Crippen LogP contribution in [-0.2, 0) is 9.53 Å². The van der Waals surface area contributed by atoms with Crippen LogP contribution in [0.1, 0.15) is 20.8 Å². The van der Waals surface area contributed by atoms with Gasteiger partial charge in [0.15, 0.2) is 5.96 Å². The monoisotopic (exact) mass is 572 g/mol. The van der Waals surface area contributed by atoms with Crippen molar-refractivity contribution < 1.29 is 9.53 Å². The molecule has 186 valence electrons. The molecule has 2 fully saturated rings. The second-order valence-electron chi connectivity index (χ2n) is 8.74. The van der Waals surface area contributed by atoms with Gasteiger partial charge in [-0.3, -0.25) is 9.69 Å². The third kappa shape index (κ3) is 8.60. The van der Waals surface area contributed by atoms with Gasteiger partial charge in [0, 0.05) is 64.1 Å². The van der Waals surface area contributed by atoms with Crippen molar-refractivity contribution in [3.05, 3.63) is 30.3 Å². The number of morpholine rings is 1. The molecule has 0 saturated carbocycles. The van der Waals surface area contributed by atoms with Gasteiger partial charge < -0.3 is 25.2 Å². The molecule has 1 atom stereocenters. The number of anilines is 1. The topological polar surface area (TPSA) is 72.4 Å². The van der Waals surface area contributed by atoms with Crippen molar-refractivity contribution in [3.63, 3.8) is 0 Å². The highest BCUT2D eigenvalue weighted by Crippen LogP contribution is 2.15. The Kier molecular flexibility index (Phi) is 12.3. The van der Waals surface area contributed by atoms with Crippen molar-refractivity contribution in [2.24, 2.45) is 10.9 Å². The minimum absolute atomic E-state index is 0. The molecule has 1 amide bonds. The summed E-state index contributed by atoms with van der Waals surface area (Å²) in [5.41, 5.74) is 1.22. The number of amides is 1. The van der Waals surface area contributed by atoms with Crippen LogP contribution in [0.5, 0.6) is 0 Å². The molecule has 0 bridgehead atoms. The molecule has 2 aliphatic heterocycles. The van der Waals surface area contributed by atoms with E-state index < -0.39 is 0 Å². The van der Waals surface area contributed by atoms with Gasteiger partial charge in [0.1, 0.15) is 6.54 Å². The van der Waals surface area contributed by atoms with Crippen molar-refractivity contribution in [1.29, 1.82) is 0 Å². The Morgan fingerprint density at radius 1 is 1.03 bits per heavy atom. The van der Waals surface area contributed by atoms with Gasteiger partial charge in [-0.1, -0.05) is 32.0 Å². The molecular weight excluding hydrogens is 531 g/mol. The van der Waals surface area contributed by atoms with Crippen molar-refractivity contribution in [1.82, 2.24) is 20.4 Å². The maximum atomic E-state index is 12.8. The lowest BCUT2D eigenvalue weighted by Gasteiger charge is -2.37. The van der Waals surface area contributed by atoms with Gasteiger partial charge in [-0.05, 0) is 25.0 Å². The molecule has 1 aromatic rings. The number of carbonyl (C=O) groups is 1. The number of piperazine rings is 1. The molecule has 2 N–H and O–H groups in total. The highest BCUT2D eigenvalue weighted by molar-refractivity contribution is 14.0. The summed E-state index contributed by atoms with van der Waals surface area (Å²) in [6, 6.07) is 10.8. The summed E-state index contributed by atoms with van der Waals surface area (Å²) in [7, 11) is 0. The number of hydrogen-bond acceptors (Lipinski definition) is 5. The second kappa shape index (κ2) is 14.6. The SMILES string of the molecule is CCNC(=NCC(=O)N1CCN(c2ccccc2)CC1)NCC(C(C)C)N1CCOCC1.I. The number of benzene rings is 1. The average Bonchev–Trinajstić information content (AvgIpc) is 2.83. The Balaban J connectivity index is 0.00000385. The normalized spacial score (nSPS) is 18.6. The van der Waals surface area contributed by atoms with Gasteiger partial charge >= 0.3 is 0 Å². The molecule has 9 heteroatoms. The number of para-hydroxylation sites is 1. The quantitative estimate of drug-likeness (QED) is 0.282. The van der Waals surface area contributed by atoms with Crippen LogP contribution in [0.4, 0.5) is 5.69 Å². The third-order valence-electron chi connectivity index (χ3n) is 6.23. The number of nitrogens with zero attached hydrogens (tertiary/aromatic N) is 4. The van der Waals surface area contributed by atoms with E-state index in [0.717, 1.165) is 65.6 Å². The van der Waals surface area contributed by atoms with Crippen LogP contribution in [0.15, 0.2) is 35.3 Å². The molecule has 8 nitrogen and oxygen atoms in total. The van der Waals surface area contributed by atoms with E-state index in [9.17, 15) is 4.79 Å². The summed E-state index contributed by atoms with van der Waals surface area (Å²) in [4.78, 5) is 24.1. The van der Waals surface area contributed by atoms with E-state index >= 15 is 0 Å². The van der Waals surface area contributed by atoms with E-state index in [4.69, 9.17) is 4.74 Å². The fourth-order valence-corrected chi connectivity index (χ4v) is 4.34. The summed E-state index contributed by atoms with van der Waals surface area (Å²) in [5.74, 6) is 1.32. The zero-order valence-electron chi connectivity index (χ0n) is 20.3. The molecule has 33 heavy (non-hydrogen) atoms. The van der Waals surface area contributed by atoms with Crippen LogP contribution in [0, 0.1) is 5.92 Å². The van der Waals surface area contributed by atoms with Gasteiger partial charge in [0.2, 0.25) is 5.91 Å². The first kappa shape index (κ1) is 27.7. The smallest absolute Gasteiger partial charge is 0.244 e. The van der Waals surface area contributed by atoms with Gasteiger partial charge in [-0.25, -0.2) is 4.99 Å². The molecule has 1 aromatic carbocycles. The van der Waals surface area contributed by atoms with E-state index in [-0.39, 0.29) is 36.4 Å². The summed E-state index contributed by atoms with van der Waals surface area (Å²) in [6.07, 6.45) is 0. The van der Waals surface area contributed by atoms with Crippen molar-refractivity contribution >= 4 is 41.5 Å². The molecule has 0 aromatic heterocycles. The van der Waals surface area contributed by atoms with Gasteiger partial charge in [0.25, 0.3) is 0 Å². The molecule has 0 spiro atoms.